The molecule has 1 rings (SSSR count). The normalized spacial score (nSPS) is 11.5. The second-order valence-corrected chi connectivity index (χ2v) is 3.47. The lowest BCUT2D eigenvalue weighted by molar-refractivity contribution is -0.422. The van der Waals surface area contributed by atoms with Crippen LogP contribution in [0.25, 0.3) is 6.08 Å². The first kappa shape index (κ1) is 11.0. The van der Waals surface area contributed by atoms with Gasteiger partial charge < -0.3 is 0 Å². The third-order valence-corrected chi connectivity index (χ3v) is 2.47. The summed E-state index contributed by atoms with van der Waals surface area (Å²) in [6.07, 6.45) is 1.38. The number of rotatable bonds is 2. The largest absolute Gasteiger partial charge is 0.259 e. The van der Waals surface area contributed by atoms with Crippen LogP contribution in [0, 0.1) is 10.1 Å². The lowest BCUT2D eigenvalue weighted by atomic mass is 10.2. The van der Waals surface area contributed by atoms with Crippen molar-refractivity contribution in [2.75, 3.05) is 0 Å². The summed E-state index contributed by atoms with van der Waals surface area (Å²) in [4.78, 5) is 9.89. The standard InChI is InChI=1S/C9H7Cl2NO2/c1-6(12(13)14)5-7-3-2-4-8(10)9(7)11/h2-5H,1H3/b6-5-. The lowest BCUT2D eigenvalue weighted by Crippen LogP contribution is -1.93. The quantitative estimate of drug-likeness (QED) is 0.577. The molecular weight excluding hydrogens is 225 g/mol. The minimum Gasteiger partial charge on any atom is -0.259 e. The van der Waals surface area contributed by atoms with Crippen molar-refractivity contribution in [3.05, 3.63) is 49.6 Å². The van der Waals surface area contributed by atoms with Gasteiger partial charge in [-0.15, -0.1) is 0 Å². The van der Waals surface area contributed by atoms with Crippen molar-refractivity contribution in [1.82, 2.24) is 0 Å². The van der Waals surface area contributed by atoms with Gasteiger partial charge in [-0.05, 0) is 6.07 Å². The van der Waals surface area contributed by atoms with Crippen LogP contribution in [0.5, 0.6) is 0 Å². The van der Waals surface area contributed by atoms with Gasteiger partial charge in [-0.2, -0.15) is 0 Å². The predicted molar refractivity (Wildman–Crippen MR) is 57.1 cm³/mol. The number of hydrogen-bond acceptors (Lipinski definition) is 2. The third kappa shape index (κ3) is 2.47. The Hall–Kier alpha value is -1.06. The Kier molecular flexibility index (Phi) is 3.49. The Morgan fingerprint density at radius 1 is 1.50 bits per heavy atom. The van der Waals surface area contributed by atoms with Gasteiger partial charge in [0.25, 0.3) is 0 Å². The van der Waals surface area contributed by atoms with Gasteiger partial charge in [0.1, 0.15) is 0 Å². The fourth-order valence-corrected chi connectivity index (χ4v) is 1.27. The van der Waals surface area contributed by atoms with Gasteiger partial charge in [0, 0.05) is 18.6 Å². The fourth-order valence-electron chi connectivity index (χ4n) is 0.910. The van der Waals surface area contributed by atoms with E-state index < -0.39 is 4.92 Å². The maximum Gasteiger partial charge on any atom is 0.243 e. The van der Waals surface area contributed by atoms with Crippen LogP contribution in [0.1, 0.15) is 12.5 Å². The van der Waals surface area contributed by atoms with Crippen molar-refractivity contribution in [3.63, 3.8) is 0 Å². The summed E-state index contributed by atoms with van der Waals surface area (Å²) < 4.78 is 0. The molecule has 1 aromatic rings. The molecule has 0 aliphatic carbocycles. The molecular formula is C9H7Cl2NO2. The van der Waals surface area contributed by atoms with Crippen molar-refractivity contribution in [3.8, 4) is 0 Å². The number of halogens is 2. The Morgan fingerprint density at radius 2 is 2.14 bits per heavy atom. The Labute approximate surface area is 91.1 Å². The zero-order valence-corrected chi connectivity index (χ0v) is 8.84. The summed E-state index contributed by atoms with van der Waals surface area (Å²) in [6, 6.07) is 4.98. The Bertz CT molecular complexity index is 402. The minimum absolute atomic E-state index is 0.0224. The van der Waals surface area contributed by atoms with Crippen molar-refractivity contribution in [2.24, 2.45) is 0 Å². The van der Waals surface area contributed by atoms with E-state index in [1.54, 1.807) is 18.2 Å². The first-order chi connectivity index (χ1) is 6.52. The number of allylic oxidation sites excluding steroid dienone is 1. The average molecular weight is 232 g/mol. The highest BCUT2D eigenvalue weighted by molar-refractivity contribution is 6.42. The fraction of sp³-hybridized carbons (Fsp3) is 0.111. The Balaban J connectivity index is 3.15. The van der Waals surface area contributed by atoms with Crippen LogP contribution in [0.15, 0.2) is 23.9 Å². The number of nitrogens with zero attached hydrogens (tertiary/aromatic N) is 1. The van der Waals surface area contributed by atoms with E-state index in [-0.39, 0.29) is 5.70 Å². The molecule has 0 heterocycles. The summed E-state index contributed by atoms with van der Waals surface area (Å²) in [5.41, 5.74) is 0.572. The van der Waals surface area contributed by atoms with E-state index >= 15 is 0 Å². The molecule has 14 heavy (non-hydrogen) atoms. The smallest absolute Gasteiger partial charge is 0.243 e. The molecule has 0 saturated carbocycles. The molecule has 5 heteroatoms. The molecule has 0 spiro atoms. The second-order valence-electron chi connectivity index (χ2n) is 2.69. The molecule has 0 fully saturated rings. The van der Waals surface area contributed by atoms with Crippen LogP contribution in [0.4, 0.5) is 0 Å². The summed E-state index contributed by atoms with van der Waals surface area (Å²) in [7, 11) is 0. The van der Waals surface area contributed by atoms with Crippen molar-refractivity contribution in [1.29, 1.82) is 0 Å². The molecule has 0 radical (unpaired) electrons. The van der Waals surface area contributed by atoms with Gasteiger partial charge in [0.2, 0.25) is 5.70 Å². The first-order valence-electron chi connectivity index (χ1n) is 3.79. The van der Waals surface area contributed by atoms with Gasteiger partial charge in [0.15, 0.2) is 0 Å². The van der Waals surface area contributed by atoms with E-state index in [0.29, 0.717) is 15.6 Å². The monoisotopic (exact) mass is 231 g/mol. The molecule has 3 nitrogen and oxygen atoms in total. The summed E-state index contributed by atoms with van der Waals surface area (Å²) in [6.45, 7) is 1.40. The molecule has 0 unspecified atom stereocenters. The van der Waals surface area contributed by atoms with Gasteiger partial charge in [-0.3, -0.25) is 10.1 Å². The number of hydrogen-bond donors (Lipinski definition) is 0. The van der Waals surface area contributed by atoms with Crippen LogP contribution < -0.4 is 0 Å². The first-order valence-corrected chi connectivity index (χ1v) is 4.54. The molecule has 0 aliphatic rings. The average Bonchev–Trinajstić information content (AvgIpc) is 2.12. The van der Waals surface area contributed by atoms with E-state index in [1.165, 1.54) is 13.0 Å². The molecule has 74 valence electrons. The minimum atomic E-state index is -0.475. The lowest BCUT2D eigenvalue weighted by Gasteiger charge is -1.99. The summed E-state index contributed by atoms with van der Waals surface area (Å²) in [5, 5.41) is 11.1. The zero-order chi connectivity index (χ0) is 10.7. The van der Waals surface area contributed by atoms with Crippen molar-refractivity contribution in [2.45, 2.75) is 6.92 Å². The summed E-state index contributed by atoms with van der Waals surface area (Å²) in [5.74, 6) is 0. The maximum absolute atomic E-state index is 10.4. The second kappa shape index (κ2) is 4.44. The van der Waals surface area contributed by atoms with E-state index in [4.69, 9.17) is 23.2 Å². The van der Waals surface area contributed by atoms with E-state index in [1.807, 2.05) is 0 Å². The van der Waals surface area contributed by atoms with E-state index in [0.717, 1.165) is 0 Å². The van der Waals surface area contributed by atoms with Crippen LogP contribution in [-0.4, -0.2) is 4.92 Å². The highest BCUT2D eigenvalue weighted by Crippen LogP contribution is 2.27. The topological polar surface area (TPSA) is 43.1 Å². The van der Waals surface area contributed by atoms with Gasteiger partial charge >= 0.3 is 0 Å². The highest BCUT2D eigenvalue weighted by Gasteiger charge is 2.06. The molecule has 0 saturated heterocycles. The molecule has 0 atom stereocenters. The zero-order valence-electron chi connectivity index (χ0n) is 7.33. The predicted octanol–water partition coefficient (Wildman–Crippen LogP) is 3.63. The molecule has 0 aliphatic heterocycles. The van der Waals surface area contributed by atoms with Gasteiger partial charge in [-0.1, -0.05) is 35.3 Å². The SMILES string of the molecule is C/C(=C/c1cccc(Cl)c1Cl)[N+](=O)[O-]. The summed E-state index contributed by atoms with van der Waals surface area (Å²) >= 11 is 11.6. The van der Waals surface area contributed by atoms with Crippen LogP contribution in [0.3, 0.4) is 0 Å². The molecule has 0 amide bonds. The van der Waals surface area contributed by atoms with Gasteiger partial charge in [0.05, 0.1) is 15.0 Å². The molecule has 0 aromatic heterocycles. The molecule has 0 bridgehead atoms. The van der Waals surface area contributed by atoms with E-state index in [2.05, 4.69) is 0 Å². The highest BCUT2D eigenvalue weighted by atomic mass is 35.5. The van der Waals surface area contributed by atoms with Gasteiger partial charge in [-0.25, -0.2) is 0 Å². The molecule has 1 aromatic carbocycles. The number of nitro groups is 1. The van der Waals surface area contributed by atoms with Crippen LogP contribution in [0.2, 0.25) is 10.0 Å². The van der Waals surface area contributed by atoms with Crippen molar-refractivity contribution < 1.29 is 4.92 Å². The maximum atomic E-state index is 10.4. The Morgan fingerprint density at radius 3 is 2.71 bits per heavy atom. The van der Waals surface area contributed by atoms with E-state index in [9.17, 15) is 10.1 Å². The van der Waals surface area contributed by atoms with Crippen LogP contribution in [-0.2, 0) is 0 Å². The van der Waals surface area contributed by atoms with Crippen molar-refractivity contribution >= 4 is 29.3 Å². The third-order valence-electron chi connectivity index (χ3n) is 1.63. The van der Waals surface area contributed by atoms with Crippen LogP contribution >= 0.6 is 23.2 Å². The number of benzene rings is 1. The molecule has 0 N–H and O–H groups in total.